The van der Waals surface area contributed by atoms with Crippen molar-refractivity contribution >= 4 is 78.2 Å². The van der Waals surface area contributed by atoms with Crippen molar-refractivity contribution in [3.63, 3.8) is 0 Å². The molecule has 3 nitrogen and oxygen atoms in total. The number of nitrogens with zero attached hydrogens (tertiary/aromatic N) is 2. The molecule has 0 fully saturated rings. The molecule has 0 spiro atoms. The number of hydrogen-bond donors (Lipinski definition) is 1. The van der Waals surface area contributed by atoms with Crippen LogP contribution in [0.2, 0.25) is 0 Å². The standard InChI is InChI=1S/C42H26N2OS/c46-29-22-20-28(21-23-29)44-36-14-5-2-10-34(36)41-38(44)25-24-37-40(41)33-9-1-4-13-35(33)43(37)27-18-16-26(17-19-27)30-11-7-12-32-31-8-3-6-15-39(31)45-42(30)32/h1-25,46H. The van der Waals surface area contributed by atoms with Gasteiger partial charge in [0, 0.05) is 54.2 Å². The first-order valence-electron chi connectivity index (χ1n) is 15.5. The first-order valence-corrected chi connectivity index (χ1v) is 16.0. The van der Waals surface area contributed by atoms with E-state index in [1.807, 2.05) is 12.1 Å². The Kier molecular flexibility index (Phi) is 5.37. The third-order valence-electron chi connectivity index (χ3n) is 9.42. The number of hydrogen-bond acceptors (Lipinski definition) is 2. The highest BCUT2D eigenvalue weighted by molar-refractivity contribution is 7.80. The first-order chi connectivity index (χ1) is 22.7. The molecular weight excluding hydrogens is 581 g/mol. The lowest BCUT2D eigenvalue weighted by Crippen LogP contribution is -1.95. The van der Waals surface area contributed by atoms with E-state index in [2.05, 4.69) is 161 Å². The molecule has 10 rings (SSSR count). The van der Waals surface area contributed by atoms with Gasteiger partial charge in [0.2, 0.25) is 0 Å². The fourth-order valence-corrected chi connectivity index (χ4v) is 7.59. The average molecular weight is 607 g/mol. The predicted molar refractivity (Wildman–Crippen MR) is 195 cm³/mol. The number of aromatic nitrogens is 2. The van der Waals surface area contributed by atoms with Gasteiger partial charge in [0.15, 0.2) is 0 Å². The summed E-state index contributed by atoms with van der Waals surface area (Å²) in [5.74, 6) is 0. The van der Waals surface area contributed by atoms with Crippen molar-refractivity contribution in [1.82, 2.24) is 9.13 Å². The zero-order valence-corrected chi connectivity index (χ0v) is 25.6. The van der Waals surface area contributed by atoms with E-state index < -0.39 is 0 Å². The lowest BCUT2D eigenvalue weighted by molar-refractivity contribution is 0.670. The SMILES string of the molecule is Sc1ccc(-n2c3ccccc3c3c4c5ccccc5n(-c5ccc(-c6cccc7c6oc6ccccc67)cc5)c4ccc32)cc1. The van der Waals surface area contributed by atoms with E-state index >= 15 is 0 Å². The van der Waals surface area contributed by atoms with Crippen molar-refractivity contribution in [3.05, 3.63) is 152 Å². The van der Waals surface area contributed by atoms with Gasteiger partial charge in [-0.15, -0.1) is 12.6 Å². The van der Waals surface area contributed by atoms with Crippen molar-refractivity contribution in [1.29, 1.82) is 0 Å². The van der Waals surface area contributed by atoms with Gasteiger partial charge in [0.1, 0.15) is 11.2 Å². The van der Waals surface area contributed by atoms with Gasteiger partial charge in [-0.05, 0) is 72.3 Å². The van der Waals surface area contributed by atoms with Crippen molar-refractivity contribution < 1.29 is 4.42 Å². The molecule has 3 heterocycles. The molecule has 10 aromatic rings. The molecule has 216 valence electrons. The van der Waals surface area contributed by atoms with Crippen LogP contribution in [0.25, 0.3) is 88.1 Å². The monoisotopic (exact) mass is 606 g/mol. The minimum atomic E-state index is 0.915. The molecule has 7 aromatic carbocycles. The molecule has 46 heavy (non-hydrogen) atoms. The van der Waals surface area contributed by atoms with Crippen molar-refractivity contribution in [2.75, 3.05) is 0 Å². The molecule has 0 saturated heterocycles. The van der Waals surface area contributed by atoms with Gasteiger partial charge in [0.25, 0.3) is 0 Å². The van der Waals surface area contributed by atoms with E-state index in [1.54, 1.807) is 0 Å². The fraction of sp³-hybridized carbons (Fsp3) is 0. The number of rotatable bonds is 3. The van der Waals surface area contributed by atoms with Crippen LogP contribution in [-0.4, -0.2) is 9.13 Å². The molecule has 0 N–H and O–H groups in total. The smallest absolute Gasteiger partial charge is 0.143 e. The summed E-state index contributed by atoms with van der Waals surface area (Å²) in [4.78, 5) is 0.954. The zero-order valence-electron chi connectivity index (χ0n) is 24.7. The normalized spacial score (nSPS) is 12.0. The third kappa shape index (κ3) is 3.56. The summed E-state index contributed by atoms with van der Waals surface area (Å²) in [5.41, 5.74) is 11.1. The van der Waals surface area contributed by atoms with Gasteiger partial charge in [-0.1, -0.05) is 84.9 Å². The molecule has 0 aliphatic heterocycles. The largest absolute Gasteiger partial charge is 0.455 e. The number of furan rings is 1. The number of benzene rings is 7. The highest BCUT2D eigenvalue weighted by Gasteiger charge is 2.20. The maximum absolute atomic E-state index is 6.36. The van der Waals surface area contributed by atoms with Crippen LogP contribution in [0.15, 0.2) is 161 Å². The van der Waals surface area contributed by atoms with Crippen LogP contribution in [0.1, 0.15) is 0 Å². The van der Waals surface area contributed by atoms with Crippen LogP contribution in [-0.2, 0) is 0 Å². The minimum Gasteiger partial charge on any atom is -0.455 e. The van der Waals surface area contributed by atoms with Gasteiger partial charge < -0.3 is 13.6 Å². The van der Waals surface area contributed by atoms with E-state index in [0.29, 0.717) is 0 Å². The molecule has 0 radical (unpaired) electrons. The van der Waals surface area contributed by atoms with Crippen molar-refractivity contribution in [2.24, 2.45) is 0 Å². The summed E-state index contributed by atoms with van der Waals surface area (Å²) < 4.78 is 11.1. The molecule has 0 saturated carbocycles. The summed E-state index contributed by atoms with van der Waals surface area (Å²) in [6.45, 7) is 0. The summed E-state index contributed by atoms with van der Waals surface area (Å²) in [7, 11) is 0. The van der Waals surface area contributed by atoms with E-state index in [0.717, 1.165) is 49.3 Å². The van der Waals surface area contributed by atoms with Gasteiger partial charge in [-0.2, -0.15) is 0 Å². The van der Waals surface area contributed by atoms with E-state index in [1.165, 1.54) is 43.6 Å². The van der Waals surface area contributed by atoms with E-state index in [9.17, 15) is 0 Å². The average Bonchev–Trinajstić information content (AvgIpc) is 3.76. The van der Waals surface area contributed by atoms with Crippen LogP contribution >= 0.6 is 12.6 Å². The molecule has 0 atom stereocenters. The van der Waals surface area contributed by atoms with Gasteiger partial charge in [-0.3, -0.25) is 0 Å². The third-order valence-corrected chi connectivity index (χ3v) is 9.72. The Morgan fingerprint density at radius 1 is 0.413 bits per heavy atom. The second-order valence-electron chi connectivity index (χ2n) is 11.9. The highest BCUT2D eigenvalue weighted by Crippen LogP contribution is 2.43. The molecule has 0 amide bonds. The summed E-state index contributed by atoms with van der Waals surface area (Å²) in [6, 6.07) is 54.0. The van der Waals surface area contributed by atoms with Crippen LogP contribution in [0.5, 0.6) is 0 Å². The first kappa shape index (κ1) is 25.6. The summed E-state index contributed by atoms with van der Waals surface area (Å²) in [6.07, 6.45) is 0. The van der Waals surface area contributed by atoms with Crippen molar-refractivity contribution in [3.8, 4) is 22.5 Å². The topological polar surface area (TPSA) is 23.0 Å². The number of thiol groups is 1. The highest BCUT2D eigenvalue weighted by atomic mass is 32.1. The maximum Gasteiger partial charge on any atom is 0.143 e. The summed E-state index contributed by atoms with van der Waals surface area (Å²) >= 11 is 4.54. The Balaban J connectivity index is 1.21. The minimum absolute atomic E-state index is 0.915. The Morgan fingerprint density at radius 2 is 0.935 bits per heavy atom. The predicted octanol–water partition coefficient (Wildman–Crippen LogP) is 11.7. The molecule has 4 heteroatoms. The number of para-hydroxylation sites is 4. The molecule has 0 aliphatic carbocycles. The fourth-order valence-electron chi connectivity index (χ4n) is 7.44. The van der Waals surface area contributed by atoms with Crippen LogP contribution in [0.4, 0.5) is 0 Å². The Labute approximate surface area is 269 Å². The molecular formula is C42H26N2OS. The van der Waals surface area contributed by atoms with Crippen LogP contribution < -0.4 is 0 Å². The van der Waals surface area contributed by atoms with Gasteiger partial charge in [0.05, 0.1) is 22.1 Å². The Bertz CT molecular complexity index is 2800. The Morgan fingerprint density at radius 3 is 1.57 bits per heavy atom. The number of fused-ring (bicyclic) bond motifs is 10. The maximum atomic E-state index is 6.36. The molecule has 0 aliphatic rings. The molecule has 0 bridgehead atoms. The lowest BCUT2D eigenvalue weighted by atomic mass is 10.0. The second-order valence-corrected chi connectivity index (χ2v) is 12.4. The molecule has 3 aromatic heterocycles. The lowest BCUT2D eigenvalue weighted by Gasteiger charge is -2.10. The van der Waals surface area contributed by atoms with Gasteiger partial charge in [-0.25, -0.2) is 0 Å². The van der Waals surface area contributed by atoms with Crippen molar-refractivity contribution in [2.45, 2.75) is 4.90 Å². The van der Waals surface area contributed by atoms with E-state index in [4.69, 9.17) is 4.42 Å². The quantitative estimate of drug-likeness (QED) is 0.199. The second kappa shape index (κ2) is 9.64. The van der Waals surface area contributed by atoms with Crippen LogP contribution in [0.3, 0.4) is 0 Å². The molecule has 0 unspecified atom stereocenters. The van der Waals surface area contributed by atoms with Gasteiger partial charge >= 0.3 is 0 Å². The van der Waals surface area contributed by atoms with Crippen LogP contribution in [0, 0.1) is 0 Å². The zero-order chi connectivity index (χ0) is 30.4. The Hall–Kier alpha value is -5.71. The van der Waals surface area contributed by atoms with E-state index in [-0.39, 0.29) is 0 Å². The summed E-state index contributed by atoms with van der Waals surface area (Å²) in [5, 5.41) is 7.32.